The molecule has 0 saturated heterocycles. The van der Waals surface area contributed by atoms with Crippen LogP contribution in [0, 0.1) is 0 Å². The molecule has 0 aromatic heterocycles. The van der Waals surface area contributed by atoms with Gasteiger partial charge in [0.05, 0.1) is 39.3 Å². The highest BCUT2D eigenvalue weighted by Crippen LogP contribution is 2.12. The number of ether oxygens (including phenoxy) is 2. The van der Waals surface area contributed by atoms with Crippen LogP contribution in [-0.2, 0) is 28.7 Å². The van der Waals surface area contributed by atoms with Crippen molar-refractivity contribution in [1.29, 1.82) is 0 Å². The molecule has 11 nitrogen and oxygen atoms in total. The highest BCUT2D eigenvalue weighted by atomic mass is 16.5. The van der Waals surface area contributed by atoms with E-state index in [0.717, 1.165) is 71.3 Å². The predicted octanol–water partition coefficient (Wildman–Crippen LogP) is 2.44. The average Bonchev–Trinajstić information content (AvgIpc) is 2.93. The van der Waals surface area contributed by atoms with E-state index >= 15 is 0 Å². The second kappa shape index (κ2) is 24.3. The standard InChI is InChI=1S/C29H52N2O9/c1-4-6-8-10-11-13-15-17-23(19-27(36)30-24(20-32)28(37)39-3)40-29(38)25(21-33)31-26(35)18-22(34)16-14-12-9-7-5-2/h13,15,22-25,32-34H,4-12,14,16-21H2,1-3H3,(H,30,36)(H,31,35). The first-order valence-corrected chi connectivity index (χ1v) is 14.6. The number of hydrogen-bond acceptors (Lipinski definition) is 9. The smallest absolute Gasteiger partial charge is 0.331 e. The Kier molecular flexibility index (Phi) is 22.8. The van der Waals surface area contributed by atoms with Gasteiger partial charge in [-0.25, -0.2) is 9.59 Å². The van der Waals surface area contributed by atoms with E-state index in [2.05, 4.69) is 29.2 Å². The lowest BCUT2D eigenvalue weighted by atomic mass is 10.1. The molecule has 0 rings (SSSR count). The molecular formula is C29H52N2O9. The Morgan fingerprint density at radius 1 is 0.750 bits per heavy atom. The number of nitrogens with one attached hydrogen (secondary N) is 2. The van der Waals surface area contributed by atoms with Gasteiger partial charge < -0.3 is 35.4 Å². The highest BCUT2D eigenvalue weighted by molar-refractivity contribution is 5.86. The van der Waals surface area contributed by atoms with Gasteiger partial charge in [-0.15, -0.1) is 0 Å². The Bertz CT molecular complexity index is 745. The van der Waals surface area contributed by atoms with Crippen LogP contribution >= 0.6 is 0 Å². The van der Waals surface area contributed by atoms with Crippen LogP contribution < -0.4 is 10.6 Å². The maximum Gasteiger partial charge on any atom is 0.331 e. The molecule has 0 saturated carbocycles. The summed E-state index contributed by atoms with van der Waals surface area (Å²) in [5.74, 6) is -2.99. The zero-order valence-corrected chi connectivity index (χ0v) is 24.6. The first-order chi connectivity index (χ1) is 19.2. The molecule has 5 N–H and O–H groups in total. The number of amides is 2. The van der Waals surface area contributed by atoms with Crippen molar-refractivity contribution < 1.29 is 44.0 Å². The Morgan fingerprint density at radius 2 is 1.30 bits per heavy atom. The van der Waals surface area contributed by atoms with Gasteiger partial charge in [-0.05, 0) is 19.3 Å². The van der Waals surface area contributed by atoms with E-state index in [1.807, 2.05) is 6.08 Å². The van der Waals surface area contributed by atoms with Crippen molar-refractivity contribution in [2.24, 2.45) is 0 Å². The van der Waals surface area contributed by atoms with Crippen LogP contribution in [0.25, 0.3) is 0 Å². The van der Waals surface area contributed by atoms with Gasteiger partial charge in [0.15, 0.2) is 12.1 Å². The zero-order valence-electron chi connectivity index (χ0n) is 24.6. The summed E-state index contributed by atoms with van der Waals surface area (Å²) in [5, 5.41) is 33.9. The average molecular weight is 573 g/mol. The van der Waals surface area contributed by atoms with Crippen molar-refractivity contribution in [2.75, 3.05) is 20.3 Å². The van der Waals surface area contributed by atoms with Crippen LogP contribution in [0.4, 0.5) is 0 Å². The Labute approximate surface area is 239 Å². The summed E-state index contributed by atoms with van der Waals surface area (Å²) in [4.78, 5) is 49.3. The molecule has 2 amide bonds. The predicted molar refractivity (Wildman–Crippen MR) is 151 cm³/mol. The number of allylic oxidation sites excluding steroid dienone is 1. The van der Waals surface area contributed by atoms with E-state index in [9.17, 15) is 34.5 Å². The molecule has 0 aromatic carbocycles. The van der Waals surface area contributed by atoms with Crippen LogP contribution in [0.1, 0.15) is 104 Å². The Balaban J connectivity index is 5.07. The van der Waals surface area contributed by atoms with Crippen LogP contribution in [-0.4, -0.2) is 83.7 Å². The molecule has 0 spiro atoms. The Hall–Kier alpha value is -2.50. The maximum atomic E-state index is 12.8. The van der Waals surface area contributed by atoms with Crippen LogP contribution in [0.2, 0.25) is 0 Å². The fourth-order valence-corrected chi connectivity index (χ4v) is 3.99. The highest BCUT2D eigenvalue weighted by Gasteiger charge is 2.28. The van der Waals surface area contributed by atoms with E-state index in [1.165, 1.54) is 0 Å². The monoisotopic (exact) mass is 572 g/mol. The number of rotatable bonds is 24. The molecule has 11 heteroatoms. The topological polar surface area (TPSA) is 171 Å². The fraction of sp³-hybridized carbons (Fsp3) is 0.793. The molecule has 0 aliphatic heterocycles. The molecule has 0 aliphatic rings. The normalized spacial score (nSPS) is 14.2. The minimum absolute atomic E-state index is 0.192. The van der Waals surface area contributed by atoms with Crippen LogP contribution in [0.15, 0.2) is 12.2 Å². The minimum atomic E-state index is -1.37. The quantitative estimate of drug-likeness (QED) is 0.0662. The molecular weight excluding hydrogens is 520 g/mol. The number of aliphatic hydroxyl groups excluding tert-OH is 3. The van der Waals surface area contributed by atoms with Crippen molar-refractivity contribution in [3.8, 4) is 0 Å². The van der Waals surface area contributed by atoms with Gasteiger partial charge in [-0.1, -0.05) is 77.4 Å². The molecule has 40 heavy (non-hydrogen) atoms. The zero-order chi connectivity index (χ0) is 30.2. The number of methoxy groups -OCH3 is 1. The third-order valence-corrected chi connectivity index (χ3v) is 6.35. The summed E-state index contributed by atoms with van der Waals surface area (Å²) in [6.07, 6.45) is 12.3. The third kappa shape index (κ3) is 18.7. The minimum Gasteiger partial charge on any atom is -0.467 e. The summed E-state index contributed by atoms with van der Waals surface area (Å²) in [5.41, 5.74) is 0. The summed E-state index contributed by atoms with van der Waals surface area (Å²) < 4.78 is 10.0. The second-order valence-corrected chi connectivity index (χ2v) is 10.0. The number of hydrogen-bond donors (Lipinski definition) is 5. The molecule has 0 aromatic rings. The second-order valence-electron chi connectivity index (χ2n) is 10.0. The molecule has 0 bridgehead atoms. The summed E-state index contributed by atoms with van der Waals surface area (Å²) in [6.45, 7) is 2.85. The van der Waals surface area contributed by atoms with E-state index in [-0.39, 0.29) is 19.3 Å². The summed E-state index contributed by atoms with van der Waals surface area (Å²) in [6, 6.07) is -2.63. The molecule has 232 valence electrons. The van der Waals surface area contributed by atoms with Crippen molar-refractivity contribution in [3.05, 3.63) is 12.2 Å². The SMILES string of the molecule is CCCCCCC=CCC(CC(=O)NC(CO)C(=O)OC)OC(=O)C(CO)NC(=O)CC(O)CCCCCCC. The third-order valence-electron chi connectivity index (χ3n) is 6.35. The van der Waals surface area contributed by atoms with Gasteiger partial charge >= 0.3 is 11.9 Å². The van der Waals surface area contributed by atoms with Gasteiger partial charge in [-0.3, -0.25) is 9.59 Å². The number of carbonyl (C=O) groups excluding carboxylic acids is 4. The van der Waals surface area contributed by atoms with Crippen LogP contribution in [0.5, 0.6) is 0 Å². The molecule has 0 radical (unpaired) electrons. The van der Waals surface area contributed by atoms with E-state index < -0.39 is 61.3 Å². The van der Waals surface area contributed by atoms with Crippen LogP contribution in [0.3, 0.4) is 0 Å². The first kappa shape index (κ1) is 37.5. The van der Waals surface area contributed by atoms with Crippen molar-refractivity contribution in [1.82, 2.24) is 10.6 Å². The van der Waals surface area contributed by atoms with Crippen molar-refractivity contribution in [3.63, 3.8) is 0 Å². The Morgan fingerprint density at radius 3 is 1.88 bits per heavy atom. The summed E-state index contributed by atoms with van der Waals surface area (Å²) >= 11 is 0. The number of unbranched alkanes of at least 4 members (excludes halogenated alkanes) is 8. The molecule has 4 atom stereocenters. The molecule has 0 aliphatic carbocycles. The van der Waals surface area contributed by atoms with Gasteiger partial charge in [0.1, 0.15) is 6.10 Å². The first-order valence-electron chi connectivity index (χ1n) is 14.6. The molecule has 0 fully saturated rings. The number of carbonyl (C=O) groups is 4. The van der Waals surface area contributed by atoms with Gasteiger partial charge in [0.25, 0.3) is 0 Å². The lowest BCUT2D eigenvalue weighted by molar-refractivity contribution is -0.156. The molecule has 0 heterocycles. The van der Waals surface area contributed by atoms with Gasteiger partial charge in [0, 0.05) is 6.42 Å². The number of aliphatic hydroxyl groups is 3. The molecule has 4 unspecified atom stereocenters. The van der Waals surface area contributed by atoms with Gasteiger partial charge in [-0.2, -0.15) is 0 Å². The summed E-state index contributed by atoms with van der Waals surface area (Å²) in [7, 11) is 1.13. The van der Waals surface area contributed by atoms with Crippen molar-refractivity contribution in [2.45, 2.75) is 128 Å². The lowest BCUT2D eigenvalue weighted by Gasteiger charge is -2.22. The van der Waals surface area contributed by atoms with Gasteiger partial charge in [0.2, 0.25) is 11.8 Å². The fourth-order valence-electron chi connectivity index (χ4n) is 3.99. The largest absolute Gasteiger partial charge is 0.467 e. The van der Waals surface area contributed by atoms with E-state index in [0.29, 0.717) is 6.42 Å². The van der Waals surface area contributed by atoms with E-state index in [1.54, 1.807) is 6.08 Å². The van der Waals surface area contributed by atoms with Crippen molar-refractivity contribution >= 4 is 23.8 Å². The van der Waals surface area contributed by atoms with E-state index in [4.69, 9.17) is 4.74 Å². The maximum absolute atomic E-state index is 12.8. The lowest BCUT2D eigenvalue weighted by Crippen LogP contribution is -2.47. The number of esters is 2.